The number of primary amides is 1. The van der Waals surface area contributed by atoms with Gasteiger partial charge in [-0.1, -0.05) is 12.2 Å². The predicted octanol–water partition coefficient (Wildman–Crippen LogP) is 4.25. The lowest BCUT2D eigenvalue weighted by atomic mass is 9.82. The highest BCUT2D eigenvalue weighted by atomic mass is 32.2. The number of carbonyl (C=O) groups excluding carboxylic acids is 2. The number of amides is 2. The molecule has 244 valence electrons. The summed E-state index contributed by atoms with van der Waals surface area (Å²) in [5.41, 5.74) is 5.50. The minimum absolute atomic E-state index is 0.0553. The summed E-state index contributed by atoms with van der Waals surface area (Å²) in [7, 11) is -7.99. The third-order valence-corrected chi connectivity index (χ3v) is 7.54. The number of hydroxylamine groups is 1. The highest BCUT2D eigenvalue weighted by Crippen LogP contribution is 2.64. The first kappa shape index (κ1) is 35.6. The molecule has 0 aromatic heterocycles. The van der Waals surface area contributed by atoms with Crippen molar-refractivity contribution in [3.8, 4) is 0 Å². The van der Waals surface area contributed by atoms with Gasteiger partial charge >= 0.3 is 57.1 Å². The minimum atomic E-state index is -9.01. The van der Waals surface area contributed by atoms with Crippen molar-refractivity contribution in [2.24, 2.45) is 29.4 Å². The summed E-state index contributed by atoms with van der Waals surface area (Å²) in [5, 5.41) is -7.96. The lowest BCUT2D eigenvalue weighted by Crippen LogP contribution is -2.75. The van der Waals surface area contributed by atoms with Gasteiger partial charge in [0, 0.05) is 0 Å². The van der Waals surface area contributed by atoms with Crippen LogP contribution in [0.2, 0.25) is 0 Å². The number of allylic oxidation sites excluding steroid dienone is 2. The van der Waals surface area contributed by atoms with Gasteiger partial charge in [0.25, 0.3) is 0 Å². The van der Waals surface area contributed by atoms with Crippen molar-refractivity contribution in [2.75, 3.05) is 0 Å². The number of hydrogen-bond donors (Lipinski definition) is 2. The number of carbonyl (C=O) groups is 2. The molecular weight excluding hydrogens is 667 g/mol. The number of fused-ring (bicyclic) bond motifs is 2. The van der Waals surface area contributed by atoms with E-state index in [4.69, 9.17) is 5.73 Å². The Morgan fingerprint density at radius 2 is 1.00 bits per heavy atom. The van der Waals surface area contributed by atoms with Gasteiger partial charge in [0.15, 0.2) is 0 Å². The Balaban J connectivity index is 2.44. The Bertz CT molecular complexity index is 1250. The fourth-order valence-corrected chi connectivity index (χ4v) is 4.83. The molecule has 1 saturated carbocycles. The lowest BCUT2D eigenvalue weighted by Gasteiger charge is -2.42. The second-order valence-electron chi connectivity index (χ2n) is 8.87. The summed E-state index contributed by atoms with van der Waals surface area (Å²) >= 11 is 0. The normalized spacial score (nSPS) is 24.7. The van der Waals surface area contributed by atoms with Crippen LogP contribution < -0.4 is 11.2 Å². The number of alkyl halides is 17. The van der Waals surface area contributed by atoms with Crippen molar-refractivity contribution < 1.29 is 96.9 Å². The Morgan fingerprint density at radius 3 is 1.38 bits per heavy atom. The first-order valence-electron chi connectivity index (χ1n) is 10.2. The third-order valence-electron chi connectivity index (χ3n) is 6.35. The molecule has 0 radical (unpaired) electrons. The van der Waals surface area contributed by atoms with Gasteiger partial charge in [-0.3, -0.25) is 9.59 Å². The summed E-state index contributed by atoms with van der Waals surface area (Å²) in [5.74, 6) is -60.9. The molecule has 2 aliphatic rings. The Labute approximate surface area is 220 Å². The van der Waals surface area contributed by atoms with Crippen LogP contribution in [0.1, 0.15) is 6.42 Å². The van der Waals surface area contributed by atoms with Gasteiger partial charge in [0.05, 0.1) is 11.8 Å². The standard InChI is InChI=1S/C17H11F17N2O5S/c18-10(19,12(22,23)14(26,27)16(30,31)32)11(20,21)13(24,25)15(28,29)17(33,34)42(39,40)41-36-9(38)7-5-2-1-4(3-5)6(7)8(35)37/h1-2,4-7H,3H2,(H2,35,37)(H,36,38). The molecular formula is C17H11F17N2O5S. The molecule has 2 amide bonds. The van der Waals surface area contributed by atoms with Crippen LogP contribution in [0.15, 0.2) is 12.2 Å². The maximum absolute atomic E-state index is 14.0. The molecule has 0 aromatic rings. The first-order chi connectivity index (χ1) is 18.3. The average molecular weight is 678 g/mol. The van der Waals surface area contributed by atoms with Crippen LogP contribution in [0.4, 0.5) is 74.6 Å². The first-order valence-corrected chi connectivity index (χ1v) is 11.6. The Kier molecular flexibility index (Phi) is 8.22. The minimum Gasteiger partial charge on any atom is -0.369 e. The maximum Gasteiger partial charge on any atom is 0.460 e. The van der Waals surface area contributed by atoms with E-state index in [1.54, 1.807) is 0 Å². The van der Waals surface area contributed by atoms with Crippen molar-refractivity contribution >= 4 is 21.9 Å². The number of hydrogen-bond acceptors (Lipinski definition) is 5. The van der Waals surface area contributed by atoms with E-state index >= 15 is 0 Å². The fourth-order valence-electron chi connectivity index (χ4n) is 4.09. The van der Waals surface area contributed by atoms with Crippen LogP contribution in [0, 0.1) is 23.7 Å². The van der Waals surface area contributed by atoms with E-state index < -0.39 is 92.6 Å². The molecule has 4 unspecified atom stereocenters. The van der Waals surface area contributed by atoms with Crippen LogP contribution in [-0.4, -0.2) is 67.2 Å². The van der Waals surface area contributed by atoms with E-state index in [9.17, 15) is 92.6 Å². The van der Waals surface area contributed by atoms with Crippen molar-refractivity contribution in [3.05, 3.63) is 12.2 Å². The highest BCUT2D eigenvalue weighted by molar-refractivity contribution is 7.87. The second-order valence-corrected chi connectivity index (χ2v) is 10.5. The number of nitrogens with one attached hydrogen (secondary N) is 1. The zero-order chi connectivity index (χ0) is 33.5. The highest BCUT2D eigenvalue weighted by Gasteiger charge is 2.96. The van der Waals surface area contributed by atoms with Crippen molar-refractivity contribution in [3.63, 3.8) is 0 Å². The molecule has 25 heteroatoms. The lowest BCUT2D eigenvalue weighted by molar-refractivity contribution is -0.458. The molecule has 1 fully saturated rings. The third kappa shape index (κ3) is 4.55. The molecule has 0 aromatic carbocycles. The van der Waals surface area contributed by atoms with Gasteiger partial charge in [0.2, 0.25) is 11.8 Å². The molecule has 0 spiro atoms. The molecule has 0 heterocycles. The molecule has 2 rings (SSSR count). The van der Waals surface area contributed by atoms with E-state index in [0.717, 1.165) is 0 Å². The van der Waals surface area contributed by atoms with Gasteiger partial charge in [0.1, 0.15) is 0 Å². The largest absolute Gasteiger partial charge is 0.460 e. The second kappa shape index (κ2) is 9.70. The van der Waals surface area contributed by atoms with Crippen LogP contribution >= 0.6 is 0 Å². The predicted molar refractivity (Wildman–Crippen MR) is 95.7 cm³/mol. The zero-order valence-electron chi connectivity index (χ0n) is 19.1. The van der Waals surface area contributed by atoms with Crippen LogP contribution in [0.25, 0.3) is 0 Å². The van der Waals surface area contributed by atoms with Crippen molar-refractivity contribution in [1.82, 2.24) is 5.48 Å². The molecule has 7 nitrogen and oxygen atoms in total. The van der Waals surface area contributed by atoms with Crippen LogP contribution in [0.3, 0.4) is 0 Å². The summed E-state index contributed by atoms with van der Waals surface area (Å²) in [6.07, 6.45) is -5.48. The summed E-state index contributed by atoms with van der Waals surface area (Å²) in [6, 6.07) is 0. The van der Waals surface area contributed by atoms with E-state index in [-0.39, 0.29) is 6.42 Å². The van der Waals surface area contributed by atoms with Gasteiger partial charge in [-0.25, -0.2) is 5.48 Å². The van der Waals surface area contributed by atoms with Gasteiger partial charge in [-0.05, 0) is 18.3 Å². The molecule has 2 aliphatic carbocycles. The van der Waals surface area contributed by atoms with Gasteiger partial charge in [-0.2, -0.15) is 83.1 Å². The Morgan fingerprint density at radius 1 is 0.643 bits per heavy atom. The van der Waals surface area contributed by atoms with Crippen LogP contribution in [0.5, 0.6) is 0 Å². The maximum atomic E-state index is 14.0. The average Bonchev–Trinajstić information content (AvgIpc) is 3.42. The summed E-state index contributed by atoms with van der Waals surface area (Å²) in [4.78, 5) is 23.7. The molecule has 3 N–H and O–H groups in total. The monoisotopic (exact) mass is 678 g/mol. The fraction of sp³-hybridized carbons (Fsp3) is 0.765. The molecule has 4 atom stereocenters. The number of rotatable bonds is 11. The molecule has 2 bridgehead atoms. The molecule has 0 aliphatic heterocycles. The van der Waals surface area contributed by atoms with E-state index in [0.29, 0.717) is 5.48 Å². The SMILES string of the molecule is NC(=O)C1C2C=CC(C2)C1C(=O)NOS(=O)(=O)C(F)(F)C(F)(F)C(F)(F)C(F)(F)C(F)(F)C(F)(F)C(F)(F)C(F)(F)F. The Hall–Kier alpha value is -2.60. The summed E-state index contributed by atoms with van der Waals surface area (Å²) in [6.45, 7) is 0. The molecule has 42 heavy (non-hydrogen) atoms. The number of nitrogens with two attached hydrogens (primary N) is 1. The number of halogens is 17. The van der Waals surface area contributed by atoms with Crippen molar-refractivity contribution in [2.45, 2.75) is 53.4 Å². The van der Waals surface area contributed by atoms with Crippen molar-refractivity contribution in [1.29, 1.82) is 0 Å². The summed E-state index contributed by atoms with van der Waals surface area (Å²) < 4.78 is 252. The quantitative estimate of drug-likeness (QED) is 0.193. The van der Waals surface area contributed by atoms with Gasteiger partial charge < -0.3 is 5.73 Å². The van der Waals surface area contributed by atoms with Gasteiger partial charge in [-0.15, -0.1) is 4.28 Å². The zero-order valence-corrected chi connectivity index (χ0v) is 19.9. The smallest absolute Gasteiger partial charge is 0.369 e. The van der Waals surface area contributed by atoms with E-state index in [1.807, 2.05) is 0 Å². The molecule has 0 saturated heterocycles. The van der Waals surface area contributed by atoms with E-state index in [1.165, 1.54) is 12.2 Å². The van der Waals surface area contributed by atoms with Crippen LogP contribution in [-0.2, 0) is 24.0 Å². The van der Waals surface area contributed by atoms with E-state index in [2.05, 4.69) is 4.28 Å². The topological polar surface area (TPSA) is 116 Å².